The Labute approximate surface area is 189 Å². The standard InChI is InChI=1S/C24H23N3O2S.H3NO/c1-2-6-16(7-3-1)23(27-20-14-25-24(20)29-27)17-10-12-18(13-11-17)28-15-22-26-19-8-4-5-9-21(19)30-22;1-2/h4-5,8-14,16,23H,1-3,6-7,15H2;2H,1H2. The van der Waals surface area contributed by atoms with Crippen LogP contribution < -0.4 is 21.5 Å². The summed E-state index contributed by atoms with van der Waals surface area (Å²) in [5.41, 5.74) is 3.10. The summed E-state index contributed by atoms with van der Waals surface area (Å²) in [4.78, 5) is 8.81. The monoisotopic (exact) mass is 450 g/mol. The first-order valence-electron chi connectivity index (χ1n) is 10.9. The molecule has 1 fully saturated rings. The molecule has 0 bridgehead atoms. The van der Waals surface area contributed by atoms with Gasteiger partial charge in [-0.05, 0) is 48.6 Å². The molecule has 0 spiro atoms. The van der Waals surface area contributed by atoms with Crippen molar-refractivity contribution in [1.29, 1.82) is 0 Å². The molecule has 1 aliphatic heterocycles. The second-order valence-electron chi connectivity index (χ2n) is 8.14. The number of aromatic nitrogens is 2. The van der Waals surface area contributed by atoms with E-state index in [1.807, 2.05) is 24.4 Å². The van der Waals surface area contributed by atoms with E-state index in [0.29, 0.717) is 12.5 Å². The Balaban J connectivity index is 0.00000105. The molecule has 1 aliphatic carbocycles. The summed E-state index contributed by atoms with van der Waals surface area (Å²) in [6.07, 6.45) is 8.36. The van der Waals surface area contributed by atoms with Gasteiger partial charge in [-0.3, -0.25) is 0 Å². The summed E-state index contributed by atoms with van der Waals surface area (Å²) >= 11 is 1.69. The van der Waals surface area contributed by atoms with Crippen LogP contribution in [0.2, 0.25) is 0 Å². The third-order valence-corrected chi connectivity index (χ3v) is 7.23. The number of benzene rings is 2. The van der Waals surface area contributed by atoms with E-state index in [9.17, 15) is 0 Å². The highest BCUT2D eigenvalue weighted by Gasteiger charge is 2.31. The van der Waals surface area contributed by atoms with E-state index in [2.05, 4.69) is 50.9 Å². The van der Waals surface area contributed by atoms with Gasteiger partial charge in [-0.2, -0.15) is 4.74 Å². The highest BCUT2D eigenvalue weighted by molar-refractivity contribution is 7.18. The molecule has 2 aliphatic rings. The summed E-state index contributed by atoms with van der Waals surface area (Å²) < 4.78 is 15.1. The van der Waals surface area contributed by atoms with Crippen molar-refractivity contribution < 1.29 is 14.5 Å². The van der Waals surface area contributed by atoms with Crippen molar-refractivity contribution in [2.24, 2.45) is 16.8 Å². The van der Waals surface area contributed by atoms with Gasteiger partial charge in [0.15, 0.2) is 5.35 Å². The highest BCUT2D eigenvalue weighted by Crippen LogP contribution is 2.37. The van der Waals surface area contributed by atoms with Gasteiger partial charge in [0, 0.05) is 0 Å². The molecule has 1 saturated carbocycles. The molecule has 0 amide bonds. The maximum atomic E-state index is 6.50. The average Bonchev–Trinajstić information content (AvgIpc) is 3.26. The van der Waals surface area contributed by atoms with Crippen molar-refractivity contribution in [3.05, 3.63) is 70.0 Å². The maximum Gasteiger partial charge on any atom is 0.274 e. The smallest absolute Gasteiger partial charge is 0.274 e. The number of fused-ring (bicyclic) bond motifs is 2. The molecule has 1 atom stereocenters. The van der Waals surface area contributed by atoms with E-state index in [4.69, 9.17) is 14.5 Å². The fraction of sp³-hybridized carbons (Fsp3) is 0.333. The van der Waals surface area contributed by atoms with E-state index < -0.39 is 0 Å². The molecule has 6 rings (SSSR count). The number of thiazole rings is 1. The third-order valence-electron chi connectivity index (χ3n) is 6.22. The zero-order chi connectivity index (χ0) is 21.9. The Morgan fingerprint density at radius 1 is 1.09 bits per heavy atom. The lowest BCUT2D eigenvalue weighted by atomic mass is 9.81. The van der Waals surface area contributed by atoms with Crippen LogP contribution >= 0.6 is 11.3 Å². The molecule has 0 radical (unpaired) electrons. The minimum Gasteiger partial charge on any atom is -0.486 e. The van der Waals surface area contributed by atoms with Gasteiger partial charge in [0.25, 0.3) is 5.55 Å². The summed E-state index contributed by atoms with van der Waals surface area (Å²) in [5.74, 6) is 4.98. The molecule has 3 heterocycles. The largest absolute Gasteiger partial charge is 0.486 e. The molecule has 32 heavy (non-hydrogen) atoms. The van der Waals surface area contributed by atoms with Gasteiger partial charge in [0.05, 0.1) is 22.5 Å². The zero-order valence-electron chi connectivity index (χ0n) is 17.7. The molecule has 8 heteroatoms. The molecule has 7 nitrogen and oxygen atoms in total. The quantitative estimate of drug-likeness (QED) is 0.430. The van der Waals surface area contributed by atoms with Crippen molar-refractivity contribution in [2.45, 2.75) is 44.8 Å². The molecular weight excluding hydrogens is 424 g/mol. The lowest BCUT2D eigenvalue weighted by molar-refractivity contribution is 0.0938. The van der Waals surface area contributed by atoms with Gasteiger partial charge in [-0.15, -0.1) is 11.3 Å². The number of para-hydroxylation sites is 1. The van der Waals surface area contributed by atoms with Gasteiger partial charge >= 0.3 is 0 Å². The Bertz CT molecular complexity index is 1270. The van der Waals surface area contributed by atoms with Crippen molar-refractivity contribution in [3.63, 3.8) is 0 Å². The maximum absolute atomic E-state index is 6.50. The van der Waals surface area contributed by atoms with E-state index in [1.54, 1.807) is 11.3 Å². The van der Waals surface area contributed by atoms with Crippen molar-refractivity contribution in [2.75, 3.05) is 0 Å². The van der Waals surface area contributed by atoms with Crippen LogP contribution in [-0.2, 0) is 6.61 Å². The number of nitrogens with two attached hydrogens (primary N) is 1. The van der Waals surface area contributed by atoms with Crippen LogP contribution in [0.15, 0.2) is 58.0 Å². The summed E-state index contributed by atoms with van der Waals surface area (Å²) in [6, 6.07) is 17.0. The van der Waals surface area contributed by atoms with Crippen LogP contribution in [0.25, 0.3) is 16.4 Å². The van der Waals surface area contributed by atoms with Crippen LogP contribution in [0.5, 0.6) is 5.75 Å². The van der Waals surface area contributed by atoms with Crippen LogP contribution in [0, 0.1) is 5.92 Å². The minimum absolute atomic E-state index is 0.245. The van der Waals surface area contributed by atoms with E-state index in [-0.39, 0.29) is 6.04 Å². The summed E-state index contributed by atoms with van der Waals surface area (Å²) in [5, 5.41) is 8.64. The topological polar surface area (TPSA) is 98.8 Å². The molecular formula is C24H26N4O3S. The highest BCUT2D eigenvalue weighted by atomic mass is 32.1. The van der Waals surface area contributed by atoms with Crippen molar-refractivity contribution in [3.8, 4) is 5.75 Å². The number of hydrogen-bond acceptors (Lipinski definition) is 7. The Hall–Kier alpha value is -2.94. The minimum atomic E-state index is 0.245. The van der Waals surface area contributed by atoms with Crippen LogP contribution in [0.4, 0.5) is 0 Å². The van der Waals surface area contributed by atoms with Gasteiger partial charge < -0.3 is 14.5 Å². The van der Waals surface area contributed by atoms with Crippen LogP contribution in [0.3, 0.4) is 0 Å². The first-order valence-corrected chi connectivity index (χ1v) is 11.8. The lowest BCUT2D eigenvalue weighted by Crippen LogP contribution is -2.50. The van der Waals surface area contributed by atoms with Crippen LogP contribution in [-0.4, -0.2) is 14.9 Å². The predicted octanol–water partition coefficient (Wildman–Crippen LogP) is 4.15. The molecule has 1 unspecified atom stereocenters. The Morgan fingerprint density at radius 2 is 1.88 bits per heavy atom. The zero-order valence-corrected chi connectivity index (χ0v) is 18.5. The fourth-order valence-electron chi connectivity index (χ4n) is 4.64. The summed E-state index contributed by atoms with van der Waals surface area (Å²) in [6.45, 7) is 0.493. The van der Waals surface area contributed by atoms with E-state index in [0.717, 1.165) is 27.2 Å². The number of rotatable bonds is 6. The summed E-state index contributed by atoms with van der Waals surface area (Å²) in [7, 11) is 0. The molecule has 2 aromatic heterocycles. The normalized spacial score (nSPS) is 16.2. The number of ether oxygens (including phenoxy) is 1. The second kappa shape index (κ2) is 9.28. The van der Waals surface area contributed by atoms with Gasteiger partial charge in [-0.1, -0.05) is 43.5 Å². The van der Waals surface area contributed by atoms with Gasteiger partial charge in [0.2, 0.25) is 0 Å². The van der Waals surface area contributed by atoms with Crippen molar-refractivity contribution in [1.82, 2.24) is 9.72 Å². The lowest BCUT2D eigenvalue weighted by Gasteiger charge is -2.33. The SMILES string of the molecule is C1=c2c(on2C(c2ccc(OCc3nc4ccccc4s3)cc2)C2CCCCC2)=N1.NO. The van der Waals surface area contributed by atoms with Crippen molar-refractivity contribution >= 4 is 27.8 Å². The molecule has 3 N–H and O–H groups in total. The predicted molar refractivity (Wildman–Crippen MR) is 123 cm³/mol. The first kappa shape index (κ1) is 20.9. The van der Waals surface area contributed by atoms with E-state index in [1.165, 1.54) is 42.4 Å². The Morgan fingerprint density at radius 3 is 2.53 bits per heavy atom. The van der Waals surface area contributed by atoms with Crippen LogP contribution in [0.1, 0.15) is 48.7 Å². The molecule has 2 aromatic carbocycles. The second-order valence-corrected chi connectivity index (χ2v) is 9.26. The van der Waals surface area contributed by atoms with E-state index >= 15 is 0 Å². The fourth-order valence-corrected chi connectivity index (χ4v) is 5.52. The molecule has 166 valence electrons. The third kappa shape index (κ3) is 3.97. The first-order chi connectivity index (χ1) is 15.8. The average molecular weight is 451 g/mol. The molecule has 0 saturated heterocycles. The molecule has 4 aromatic rings. The number of nitrogens with zero attached hydrogens (tertiary/aromatic N) is 3. The van der Waals surface area contributed by atoms with Gasteiger partial charge in [-0.25, -0.2) is 15.9 Å². The number of hydrogen-bond donors (Lipinski definition) is 2. The van der Waals surface area contributed by atoms with Gasteiger partial charge in [0.1, 0.15) is 17.4 Å². The Kier molecular flexibility index (Phi) is 6.07.